The van der Waals surface area contributed by atoms with Crippen LogP contribution in [0.2, 0.25) is 0 Å². The predicted molar refractivity (Wildman–Crippen MR) is 90.2 cm³/mol. The van der Waals surface area contributed by atoms with Crippen LogP contribution in [0, 0.1) is 5.92 Å². The Hall–Kier alpha value is -1.69. The number of nitrogens with one attached hydrogen (secondary N) is 1. The van der Waals surface area contributed by atoms with Crippen molar-refractivity contribution in [3.63, 3.8) is 0 Å². The van der Waals surface area contributed by atoms with Crippen molar-refractivity contribution in [2.45, 2.75) is 65.3 Å². The lowest BCUT2D eigenvalue weighted by Gasteiger charge is -2.24. The molecule has 1 aromatic rings. The van der Waals surface area contributed by atoms with E-state index in [1.807, 2.05) is 6.92 Å². The van der Waals surface area contributed by atoms with Gasteiger partial charge in [-0.15, -0.1) is 0 Å². The molecule has 1 rings (SSSR count). The number of carbonyl (C=O) groups is 1. The zero-order chi connectivity index (χ0) is 17.8. The molecule has 0 aromatic carbocycles. The smallest absolute Gasteiger partial charge is 0.252 e. The number of amides is 1. The lowest BCUT2D eigenvalue weighted by Crippen LogP contribution is -2.35. The average molecular weight is 325 g/mol. The number of hydrogen-bond donors (Lipinski definition) is 3. The van der Waals surface area contributed by atoms with Crippen LogP contribution < -0.4 is 11.1 Å². The topological polar surface area (TPSA) is 88.2 Å². The van der Waals surface area contributed by atoms with Crippen LogP contribution in [0.3, 0.4) is 0 Å². The fourth-order valence-electron chi connectivity index (χ4n) is 2.51. The van der Waals surface area contributed by atoms with Gasteiger partial charge in [0.15, 0.2) is 0 Å². The summed E-state index contributed by atoms with van der Waals surface area (Å²) < 4.78 is 14.1. The molecule has 2 atom stereocenters. The van der Waals surface area contributed by atoms with Crippen LogP contribution in [0.1, 0.15) is 57.1 Å². The Bertz CT molecular complexity index is 541. The number of halogens is 1. The van der Waals surface area contributed by atoms with Crippen LogP contribution in [0.4, 0.5) is 10.1 Å². The maximum Gasteiger partial charge on any atom is 0.252 e. The van der Waals surface area contributed by atoms with Crippen LogP contribution in [0.15, 0.2) is 12.3 Å². The first-order chi connectivity index (χ1) is 10.5. The molecule has 1 aromatic heterocycles. The molecule has 0 fully saturated rings. The van der Waals surface area contributed by atoms with Gasteiger partial charge >= 0.3 is 0 Å². The Kier molecular flexibility index (Phi) is 6.50. The molecular formula is C17H28FN3O2. The van der Waals surface area contributed by atoms with Gasteiger partial charge in [-0.2, -0.15) is 0 Å². The van der Waals surface area contributed by atoms with Gasteiger partial charge in [0.25, 0.3) is 5.91 Å². The van der Waals surface area contributed by atoms with E-state index in [4.69, 9.17) is 5.73 Å². The molecule has 1 amide bonds. The fourth-order valence-corrected chi connectivity index (χ4v) is 2.51. The van der Waals surface area contributed by atoms with Crippen molar-refractivity contribution in [3.8, 4) is 0 Å². The number of primary amides is 1. The molecule has 1 heterocycles. The Morgan fingerprint density at radius 1 is 1.43 bits per heavy atom. The lowest BCUT2D eigenvalue weighted by atomic mass is 9.96. The number of alkyl halides is 1. The van der Waals surface area contributed by atoms with Gasteiger partial charge in [-0.3, -0.25) is 9.78 Å². The quantitative estimate of drug-likeness (QED) is 0.685. The van der Waals surface area contributed by atoms with E-state index in [0.29, 0.717) is 11.6 Å². The standard InChI is InChI=1S/C17H28FN3O2/c1-10(2)8-11(3)21-12-6-7-20-13(15(12)16(19)22)9-14(18)17(4,5)23/h6-7,10-11,14,23H,8-9H2,1-5H3,(H2,19,22)(H,20,21)/t11?,14-/m1/s1. The molecule has 130 valence electrons. The number of carbonyl (C=O) groups excluding carboxylic acids is 1. The molecular weight excluding hydrogens is 297 g/mol. The number of aromatic nitrogens is 1. The SMILES string of the molecule is CC(C)CC(C)Nc1ccnc(C[C@@H](F)C(C)(C)O)c1C(N)=O. The number of rotatable bonds is 8. The maximum absolute atomic E-state index is 14.1. The van der Waals surface area contributed by atoms with Gasteiger partial charge < -0.3 is 16.2 Å². The zero-order valence-electron chi connectivity index (χ0n) is 14.6. The molecule has 4 N–H and O–H groups in total. The number of hydrogen-bond acceptors (Lipinski definition) is 4. The van der Waals surface area contributed by atoms with E-state index < -0.39 is 17.7 Å². The Morgan fingerprint density at radius 2 is 2.04 bits per heavy atom. The maximum atomic E-state index is 14.1. The summed E-state index contributed by atoms with van der Waals surface area (Å²) in [5.74, 6) is -0.156. The summed E-state index contributed by atoms with van der Waals surface area (Å²) in [6.45, 7) is 9.01. The van der Waals surface area contributed by atoms with Gasteiger partial charge in [-0.05, 0) is 39.2 Å². The van der Waals surface area contributed by atoms with Gasteiger partial charge in [0.05, 0.1) is 22.5 Å². The van der Waals surface area contributed by atoms with Gasteiger partial charge in [-0.25, -0.2) is 4.39 Å². The molecule has 5 nitrogen and oxygen atoms in total. The number of nitrogens with zero attached hydrogens (tertiary/aromatic N) is 1. The van der Waals surface area contributed by atoms with Crippen LogP contribution >= 0.6 is 0 Å². The minimum atomic E-state index is -1.54. The number of pyridine rings is 1. The Balaban J connectivity index is 3.09. The minimum Gasteiger partial charge on any atom is -0.387 e. The third-order valence-corrected chi connectivity index (χ3v) is 3.64. The summed E-state index contributed by atoms with van der Waals surface area (Å²) in [6, 6.07) is 1.80. The fraction of sp³-hybridized carbons (Fsp3) is 0.647. The van der Waals surface area contributed by atoms with Gasteiger partial charge in [0.1, 0.15) is 6.17 Å². The summed E-state index contributed by atoms with van der Waals surface area (Å²) in [7, 11) is 0. The molecule has 0 saturated heterocycles. The molecule has 0 aliphatic rings. The molecule has 0 bridgehead atoms. The normalized spacial score (nSPS) is 14.6. The highest BCUT2D eigenvalue weighted by Crippen LogP contribution is 2.24. The number of anilines is 1. The second-order valence-electron chi connectivity index (χ2n) is 7.04. The first-order valence-corrected chi connectivity index (χ1v) is 7.93. The molecule has 0 spiro atoms. The molecule has 1 unspecified atom stereocenters. The molecule has 6 heteroatoms. The first-order valence-electron chi connectivity index (χ1n) is 7.93. The first kappa shape index (κ1) is 19.4. The highest BCUT2D eigenvalue weighted by molar-refractivity contribution is 5.99. The molecule has 23 heavy (non-hydrogen) atoms. The second kappa shape index (κ2) is 7.73. The van der Waals surface area contributed by atoms with E-state index in [2.05, 4.69) is 24.1 Å². The predicted octanol–water partition coefficient (Wildman–Crippen LogP) is 2.68. The second-order valence-corrected chi connectivity index (χ2v) is 7.04. The molecule has 0 aliphatic heterocycles. The van der Waals surface area contributed by atoms with Gasteiger partial charge in [0, 0.05) is 18.7 Å². The molecule has 0 aliphatic carbocycles. The van der Waals surface area contributed by atoms with Crippen molar-refractivity contribution in [2.75, 3.05) is 5.32 Å². The lowest BCUT2D eigenvalue weighted by molar-refractivity contribution is -0.00307. The summed E-state index contributed by atoms with van der Waals surface area (Å²) >= 11 is 0. The summed E-state index contributed by atoms with van der Waals surface area (Å²) in [5.41, 5.74) is 4.97. The molecule has 0 radical (unpaired) electrons. The number of aliphatic hydroxyl groups is 1. The van der Waals surface area contributed by atoms with Gasteiger partial charge in [-0.1, -0.05) is 13.8 Å². The van der Waals surface area contributed by atoms with E-state index in [0.717, 1.165) is 6.42 Å². The minimum absolute atomic E-state index is 0.138. The largest absolute Gasteiger partial charge is 0.387 e. The van der Waals surface area contributed by atoms with Crippen molar-refractivity contribution >= 4 is 11.6 Å². The Labute approximate surface area is 137 Å². The van der Waals surface area contributed by atoms with E-state index in [-0.39, 0.29) is 23.7 Å². The summed E-state index contributed by atoms with van der Waals surface area (Å²) in [4.78, 5) is 15.9. The third kappa shape index (κ3) is 5.78. The van der Waals surface area contributed by atoms with E-state index >= 15 is 0 Å². The van der Waals surface area contributed by atoms with Crippen molar-refractivity contribution in [1.29, 1.82) is 0 Å². The van der Waals surface area contributed by atoms with Crippen LogP contribution in [0.5, 0.6) is 0 Å². The van der Waals surface area contributed by atoms with Crippen molar-refractivity contribution in [2.24, 2.45) is 11.7 Å². The number of nitrogens with two attached hydrogens (primary N) is 1. The van der Waals surface area contributed by atoms with E-state index in [1.165, 1.54) is 20.0 Å². The van der Waals surface area contributed by atoms with Crippen LogP contribution in [-0.2, 0) is 6.42 Å². The zero-order valence-corrected chi connectivity index (χ0v) is 14.6. The summed E-state index contributed by atoms with van der Waals surface area (Å²) in [6.07, 6.45) is 0.723. The monoisotopic (exact) mass is 325 g/mol. The third-order valence-electron chi connectivity index (χ3n) is 3.64. The highest BCUT2D eigenvalue weighted by atomic mass is 19.1. The van der Waals surface area contributed by atoms with E-state index in [1.54, 1.807) is 6.07 Å². The van der Waals surface area contributed by atoms with Gasteiger partial charge in [0.2, 0.25) is 0 Å². The van der Waals surface area contributed by atoms with Crippen LogP contribution in [0.25, 0.3) is 0 Å². The molecule has 0 saturated carbocycles. The van der Waals surface area contributed by atoms with E-state index in [9.17, 15) is 14.3 Å². The Morgan fingerprint density at radius 3 is 2.52 bits per heavy atom. The highest BCUT2D eigenvalue weighted by Gasteiger charge is 2.29. The average Bonchev–Trinajstić information content (AvgIpc) is 2.36. The van der Waals surface area contributed by atoms with Crippen molar-refractivity contribution in [3.05, 3.63) is 23.5 Å². The van der Waals surface area contributed by atoms with Crippen LogP contribution in [-0.4, -0.2) is 33.8 Å². The summed E-state index contributed by atoms with van der Waals surface area (Å²) in [5, 5.41) is 13.0. The van der Waals surface area contributed by atoms with Crippen molar-refractivity contribution in [1.82, 2.24) is 4.98 Å². The van der Waals surface area contributed by atoms with Crippen molar-refractivity contribution < 1.29 is 14.3 Å².